The molecule has 19 heavy (non-hydrogen) atoms. The number of unbranched alkanes of at least 4 members (excludes halogenated alkanes) is 2. The Bertz CT molecular complexity index is 212. The van der Waals surface area contributed by atoms with E-state index in [1.165, 1.54) is 64.5 Å². The Hall–Kier alpha value is -0.0400. The Kier molecular flexibility index (Phi) is 8.77. The van der Waals surface area contributed by atoms with Crippen LogP contribution in [0.5, 0.6) is 0 Å². The van der Waals surface area contributed by atoms with E-state index in [0.717, 1.165) is 23.7 Å². The van der Waals surface area contributed by atoms with Crippen molar-refractivity contribution in [1.29, 1.82) is 0 Å². The molecule has 0 aromatic carbocycles. The zero-order valence-corrected chi connectivity index (χ0v) is 13.9. The van der Waals surface area contributed by atoms with E-state index < -0.39 is 0 Å². The maximum atomic E-state index is 3.67. The van der Waals surface area contributed by atoms with Crippen LogP contribution in [0.3, 0.4) is 0 Å². The molecular weight excluding hydrogens is 230 g/mol. The SMILES string of the molecule is CCCCCC1CC(C(C)C)CCC1CNCCC. The highest BCUT2D eigenvalue weighted by Crippen LogP contribution is 2.39. The number of hydrogen-bond donors (Lipinski definition) is 1. The summed E-state index contributed by atoms with van der Waals surface area (Å²) in [5.74, 6) is 3.84. The van der Waals surface area contributed by atoms with Crippen molar-refractivity contribution in [2.75, 3.05) is 13.1 Å². The second-order valence-electron chi connectivity index (χ2n) is 7.04. The molecule has 1 N–H and O–H groups in total. The summed E-state index contributed by atoms with van der Waals surface area (Å²) in [6, 6.07) is 0. The van der Waals surface area contributed by atoms with Gasteiger partial charge in [-0.15, -0.1) is 0 Å². The molecule has 1 fully saturated rings. The third kappa shape index (κ3) is 6.29. The van der Waals surface area contributed by atoms with Gasteiger partial charge in [-0.25, -0.2) is 0 Å². The first-order valence-electron chi connectivity index (χ1n) is 8.89. The van der Waals surface area contributed by atoms with Crippen molar-refractivity contribution < 1.29 is 0 Å². The van der Waals surface area contributed by atoms with Crippen LogP contribution in [0.15, 0.2) is 0 Å². The lowest BCUT2D eigenvalue weighted by atomic mass is 9.69. The van der Waals surface area contributed by atoms with Crippen LogP contribution in [0.1, 0.15) is 79.1 Å². The Morgan fingerprint density at radius 2 is 1.79 bits per heavy atom. The van der Waals surface area contributed by atoms with E-state index in [9.17, 15) is 0 Å². The molecule has 114 valence electrons. The van der Waals surface area contributed by atoms with Gasteiger partial charge in [-0.05, 0) is 62.4 Å². The molecule has 0 heterocycles. The van der Waals surface area contributed by atoms with Gasteiger partial charge in [0.2, 0.25) is 0 Å². The number of nitrogens with one attached hydrogen (secondary N) is 1. The van der Waals surface area contributed by atoms with Gasteiger partial charge in [0.1, 0.15) is 0 Å². The van der Waals surface area contributed by atoms with E-state index in [-0.39, 0.29) is 0 Å². The number of rotatable bonds is 9. The van der Waals surface area contributed by atoms with Crippen LogP contribution in [-0.2, 0) is 0 Å². The van der Waals surface area contributed by atoms with Crippen molar-refractivity contribution in [3.8, 4) is 0 Å². The third-order valence-electron chi connectivity index (χ3n) is 5.13. The average Bonchev–Trinajstić information content (AvgIpc) is 2.40. The second kappa shape index (κ2) is 9.80. The number of hydrogen-bond acceptors (Lipinski definition) is 1. The standard InChI is InChI=1S/C18H37N/c1-5-7-8-9-17-13-16(15(3)4)10-11-18(17)14-19-12-6-2/h15-19H,5-14H2,1-4H3. The van der Waals surface area contributed by atoms with E-state index >= 15 is 0 Å². The summed E-state index contributed by atoms with van der Waals surface area (Å²) in [6.45, 7) is 11.9. The molecule has 1 saturated carbocycles. The maximum Gasteiger partial charge on any atom is -0.00179 e. The molecule has 0 spiro atoms. The van der Waals surface area contributed by atoms with Gasteiger partial charge in [-0.2, -0.15) is 0 Å². The molecule has 1 aliphatic carbocycles. The normalized spacial score (nSPS) is 27.9. The summed E-state index contributed by atoms with van der Waals surface area (Å²) in [4.78, 5) is 0. The van der Waals surface area contributed by atoms with Crippen molar-refractivity contribution >= 4 is 0 Å². The minimum atomic E-state index is 0.887. The van der Waals surface area contributed by atoms with Crippen molar-refractivity contribution in [2.24, 2.45) is 23.7 Å². The topological polar surface area (TPSA) is 12.0 Å². The molecule has 0 bridgehead atoms. The quantitative estimate of drug-likeness (QED) is 0.562. The van der Waals surface area contributed by atoms with Crippen LogP contribution in [0.4, 0.5) is 0 Å². The minimum Gasteiger partial charge on any atom is -0.316 e. The molecule has 0 radical (unpaired) electrons. The van der Waals surface area contributed by atoms with Crippen LogP contribution >= 0.6 is 0 Å². The minimum absolute atomic E-state index is 0.887. The summed E-state index contributed by atoms with van der Waals surface area (Å²) in [7, 11) is 0. The highest BCUT2D eigenvalue weighted by Gasteiger charge is 2.30. The van der Waals surface area contributed by atoms with Crippen molar-refractivity contribution in [2.45, 2.75) is 79.1 Å². The molecule has 0 amide bonds. The van der Waals surface area contributed by atoms with Crippen LogP contribution in [0.25, 0.3) is 0 Å². The van der Waals surface area contributed by atoms with E-state index in [1.54, 1.807) is 0 Å². The molecular formula is C18H37N. The average molecular weight is 268 g/mol. The monoisotopic (exact) mass is 267 g/mol. The van der Waals surface area contributed by atoms with Gasteiger partial charge in [0.15, 0.2) is 0 Å². The summed E-state index contributed by atoms with van der Waals surface area (Å²) in [5, 5.41) is 3.67. The van der Waals surface area contributed by atoms with E-state index in [0.29, 0.717) is 0 Å². The molecule has 0 saturated heterocycles. The van der Waals surface area contributed by atoms with Crippen molar-refractivity contribution in [3.63, 3.8) is 0 Å². The second-order valence-corrected chi connectivity index (χ2v) is 7.04. The zero-order valence-electron chi connectivity index (χ0n) is 13.9. The Morgan fingerprint density at radius 3 is 2.42 bits per heavy atom. The van der Waals surface area contributed by atoms with Crippen LogP contribution in [0.2, 0.25) is 0 Å². The highest BCUT2D eigenvalue weighted by molar-refractivity contribution is 4.82. The first-order chi connectivity index (χ1) is 9.19. The molecule has 0 aliphatic heterocycles. The molecule has 1 aliphatic rings. The molecule has 3 atom stereocenters. The molecule has 1 nitrogen and oxygen atoms in total. The lowest BCUT2D eigenvalue weighted by Crippen LogP contribution is -2.34. The molecule has 0 aromatic heterocycles. The fourth-order valence-corrected chi connectivity index (χ4v) is 3.71. The van der Waals surface area contributed by atoms with Gasteiger partial charge < -0.3 is 5.32 Å². The van der Waals surface area contributed by atoms with Crippen molar-refractivity contribution in [1.82, 2.24) is 5.32 Å². The lowest BCUT2D eigenvalue weighted by molar-refractivity contribution is 0.135. The predicted octanol–water partition coefficient (Wildman–Crippen LogP) is 5.25. The summed E-state index contributed by atoms with van der Waals surface area (Å²) < 4.78 is 0. The van der Waals surface area contributed by atoms with Gasteiger partial charge >= 0.3 is 0 Å². The highest BCUT2D eigenvalue weighted by atomic mass is 14.9. The fraction of sp³-hybridized carbons (Fsp3) is 1.00. The zero-order chi connectivity index (χ0) is 14.1. The van der Waals surface area contributed by atoms with Crippen LogP contribution in [0, 0.1) is 23.7 Å². The Labute approximate surface area is 121 Å². The van der Waals surface area contributed by atoms with Gasteiger partial charge in [-0.1, -0.05) is 53.4 Å². The van der Waals surface area contributed by atoms with Gasteiger partial charge in [0, 0.05) is 0 Å². The van der Waals surface area contributed by atoms with Gasteiger partial charge in [0.25, 0.3) is 0 Å². The molecule has 0 aromatic rings. The van der Waals surface area contributed by atoms with E-state index in [2.05, 4.69) is 33.0 Å². The fourth-order valence-electron chi connectivity index (χ4n) is 3.71. The maximum absolute atomic E-state index is 3.67. The van der Waals surface area contributed by atoms with Crippen molar-refractivity contribution in [3.05, 3.63) is 0 Å². The Morgan fingerprint density at radius 1 is 1.00 bits per heavy atom. The molecule has 3 unspecified atom stereocenters. The predicted molar refractivity (Wildman–Crippen MR) is 86.5 cm³/mol. The smallest absolute Gasteiger partial charge is 0.00179 e. The lowest BCUT2D eigenvalue weighted by Gasteiger charge is -2.38. The van der Waals surface area contributed by atoms with E-state index in [4.69, 9.17) is 0 Å². The first kappa shape index (κ1) is 17.0. The Balaban J connectivity index is 2.42. The largest absolute Gasteiger partial charge is 0.316 e. The van der Waals surface area contributed by atoms with Gasteiger partial charge in [-0.3, -0.25) is 0 Å². The third-order valence-corrected chi connectivity index (χ3v) is 5.13. The van der Waals surface area contributed by atoms with E-state index in [1.807, 2.05) is 0 Å². The first-order valence-corrected chi connectivity index (χ1v) is 8.89. The van der Waals surface area contributed by atoms with Gasteiger partial charge in [0.05, 0.1) is 0 Å². The van der Waals surface area contributed by atoms with Crippen LogP contribution < -0.4 is 5.32 Å². The summed E-state index contributed by atoms with van der Waals surface area (Å²) in [6.07, 6.45) is 11.4. The molecule has 1 heteroatoms. The summed E-state index contributed by atoms with van der Waals surface area (Å²) >= 11 is 0. The molecule has 1 rings (SSSR count). The summed E-state index contributed by atoms with van der Waals surface area (Å²) in [5.41, 5.74) is 0. The van der Waals surface area contributed by atoms with Crippen LogP contribution in [-0.4, -0.2) is 13.1 Å².